The largest absolute Gasteiger partial charge is 0.300 e. The number of nitrogens with zero attached hydrogens (tertiary/aromatic N) is 1. The molecule has 1 aliphatic rings. The first-order valence-corrected chi connectivity index (χ1v) is 4.76. The van der Waals surface area contributed by atoms with Crippen LogP contribution in [0.25, 0.3) is 0 Å². The van der Waals surface area contributed by atoms with Gasteiger partial charge in [0.1, 0.15) is 0 Å². The van der Waals surface area contributed by atoms with Crippen molar-refractivity contribution in [2.24, 2.45) is 10.4 Å². The maximum atomic E-state index is 4.16. The van der Waals surface area contributed by atoms with E-state index in [1.807, 2.05) is 7.05 Å². The highest BCUT2D eigenvalue weighted by molar-refractivity contribution is 5.66. The highest BCUT2D eigenvalue weighted by Gasteiger charge is 2.33. The summed E-state index contributed by atoms with van der Waals surface area (Å²) in [6.07, 6.45) is 10.4. The molecule has 1 fully saturated rings. The Labute approximate surface area is 69.9 Å². The second-order valence-corrected chi connectivity index (χ2v) is 3.71. The van der Waals surface area contributed by atoms with E-state index in [0.29, 0.717) is 5.41 Å². The fourth-order valence-corrected chi connectivity index (χ4v) is 1.88. The van der Waals surface area contributed by atoms with Gasteiger partial charge in [-0.1, -0.05) is 26.2 Å². The van der Waals surface area contributed by atoms with Gasteiger partial charge in [0.15, 0.2) is 0 Å². The Morgan fingerprint density at radius 3 is 2.55 bits per heavy atom. The highest BCUT2D eigenvalue weighted by Crippen LogP contribution is 2.43. The zero-order chi connectivity index (χ0) is 8.16. The lowest BCUT2D eigenvalue weighted by molar-refractivity contribution is 0.216. The Hall–Kier alpha value is -0.330. The molecule has 1 nitrogen and oxygen atoms in total. The van der Waals surface area contributed by atoms with E-state index < -0.39 is 0 Å². The molecular formula is C10H19N. The van der Waals surface area contributed by atoms with Crippen molar-refractivity contribution in [2.75, 3.05) is 7.05 Å². The molecule has 0 amide bonds. The molecule has 0 atom stereocenters. The van der Waals surface area contributed by atoms with E-state index in [2.05, 4.69) is 18.1 Å². The van der Waals surface area contributed by atoms with Gasteiger partial charge >= 0.3 is 0 Å². The van der Waals surface area contributed by atoms with Crippen molar-refractivity contribution in [3.8, 4) is 0 Å². The molecule has 0 heterocycles. The van der Waals surface area contributed by atoms with Gasteiger partial charge in [-0.05, 0) is 19.3 Å². The van der Waals surface area contributed by atoms with E-state index in [1.165, 1.54) is 38.5 Å². The SMILES string of the molecule is CCCCC1(C=NC)CCC1. The van der Waals surface area contributed by atoms with Crippen LogP contribution in [0.5, 0.6) is 0 Å². The number of hydrogen-bond donors (Lipinski definition) is 0. The van der Waals surface area contributed by atoms with Crippen LogP contribution in [0.15, 0.2) is 4.99 Å². The third kappa shape index (κ3) is 2.05. The standard InChI is InChI=1S/C10H19N/c1-3-4-6-10(9-11-2)7-5-8-10/h9H,3-8H2,1-2H3. The third-order valence-corrected chi connectivity index (χ3v) is 2.78. The minimum Gasteiger partial charge on any atom is -0.300 e. The Morgan fingerprint density at radius 2 is 2.18 bits per heavy atom. The molecule has 0 aromatic rings. The summed E-state index contributed by atoms with van der Waals surface area (Å²) in [5.41, 5.74) is 0.532. The van der Waals surface area contributed by atoms with Crippen LogP contribution in [0, 0.1) is 5.41 Å². The van der Waals surface area contributed by atoms with Gasteiger partial charge in [-0.15, -0.1) is 0 Å². The molecule has 11 heavy (non-hydrogen) atoms. The van der Waals surface area contributed by atoms with E-state index in [0.717, 1.165) is 0 Å². The van der Waals surface area contributed by atoms with Crippen molar-refractivity contribution in [2.45, 2.75) is 45.4 Å². The fraction of sp³-hybridized carbons (Fsp3) is 0.900. The molecule has 1 saturated carbocycles. The van der Waals surface area contributed by atoms with Gasteiger partial charge in [0, 0.05) is 18.7 Å². The molecule has 0 saturated heterocycles. The molecule has 1 heteroatoms. The molecule has 1 aliphatic carbocycles. The molecule has 0 bridgehead atoms. The third-order valence-electron chi connectivity index (χ3n) is 2.78. The van der Waals surface area contributed by atoms with E-state index in [1.54, 1.807) is 0 Å². The summed E-state index contributed by atoms with van der Waals surface area (Å²) in [6, 6.07) is 0. The van der Waals surface area contributed by atoms with Gasteiger partial charge in [0.2, 0.25) is 0 Å². The average Bonchev–Trinajstić information content (AvgIpc) is 1.95. The van der Waals surface area contributed by atoms with E-state index in [4.69, 9.17) is 0 Å². The summed E-state index contributed by atoms with van der Waals surface area (Å²) in [5, 5.41) is 0. The Balaban J connectivity index is 2.34. The zero-order valence-electron chi connectivity index (χ0n) is 7.77. The Morgan fingerprint density at radius 1 is 1.45 bits per heavy atom. The van der Waals surface area contributed by atoms with Gasteiger partial charge in [-0.25, -0.2) is 0 Å². The lowest BCUT2D eigenvalue weighted by atomic mass is 9.67. The number of aliphatic imine (C=N–C) groups is 1. The van der Waals surface area contributed by atoms with Crippen LogP contribution < -0.4 is 0 Å². The van der Waals surface area contributed by atoms with Crippen LogP contribution in [0.1, 0.15) is 45.4 Å². The quantitative estimate of drug-likeness (QED) is 0.550. The topological polar surface area (TPSA) is 12.4 Å². The number of unbranched alkanes of at least 4 members (excludes halogenated alkanes) is 1. The van der Waals surface area contributed by atoms with Crippen molar-refractivity contribution >= 4 is 6.21 Å². The molecule has 0 unspecified atom stereocenters. The van der Waals surface area contributed by atoms with Gasteiger partial charge < -0.3 is 4.99 Å². The normalized spacial score (nSPS) is 22.0. The van der Waals surface area contributed by atoms with Gasteiger partial charge in [0.25, 0.3) is 0 Å². The predicted octanol–water partition coefficient (Wildman–Crippen LogP) is 3.05. The van der Waals surface area contributed by atoms with E-state index in [-0.39, 0.29) is 0 Å². The fourth-order valence-electron chi connectivity index (χ4n) is 1.88. The molecule has 0 aliphatic heterocycles. The summed E-state index contributed by atoms with van der Waals surface area (Å²) in [7, 11) is 1.89. The highest BCUT2D eigenvalue weighted by atomic mass is 14.7. The summed E-state index contributed by atoms with van der Waals surface area (Å²) in [4.78, 5) is 4.16. The molecule has 0 aromatic heterocycles. The van der Waals surface area contributed by atoms with Crippen LogP contribution in [0.4, 0.5) is 0 Å². The summed E-state index contributed by atoms with van der Waals surface area (Å²) < 4.78 is 0. The van der Waals surface area contributed by atoms with Crippen molar-refractivity contribution in [3.05, 3.63) is 0 Å². The van der Waals surface area contributed by atoms with Crippen molar-refractivity contribution in [3.63, 3.8) is 0 Å². The second-order valence-electron chi connectivity index (χ2n) is 3.71. The maximum absolute atomic E-state index is 4.16. The second kappa shape index (κ2) is 3.89. The molecular weight excluding hydrogens is 134 g/mol. The zero-order valence-corrected chi connectivity index (χ0v) is 7.77. The average molecular weight is 153 g/mol. The van der Waals surface area contributed by atoms with Crippen LogP contribution in [-0.4, -0.2) is 13.3 Å². The molecule has 0 spiro atoms. The molecule has 64 valence electrons. The lowest BCUT2D eigenvalue weighted by Gasteiger charge is -2.38. The van der Waals surface area contributed by atoms with Gasteiger partial charge in [-0.2, -0.15) is 0 Å². The van der Waals surface area contributed by atoms with Gasteiger partial charge in [-0.3, -0.25) is 0 Å². The van der Waals surface area contributed by atoms with E-state index >= 15 is 0 Å². The summed E-state index contributed by atoms with van der Waals surface area (Å²) >= 11 is 0. The first-order chi connectivity index (χ1) is 5.33. The molecule has 0 N–H and O–H groups in total. The van der Waals surface area contributed by atoms with Crippen LogP contribution in [0.3, 0.4) is 0 Å². The Bertz CT molecular complexity index is 134. The van der Waals surface area contributed by atoms with Crippen LogP contribution >= 0.6 is 0 Å². The molecule has 0 radical (unpaired) electrons. The first kappa shape index (κ1) is 8.76. The van der Waals surface area contributed by atoms with Crippen molar-refractivity contribution < 1.29 is 0 Å². The van der Waals surface area contributed by atoms with Crippen LogP contribution in [0.2, 0.25) is 0 Å². The summed E-state index contributed by atoms with van der Waals surface area (Å²) in [5.74, 6) is 0. The number of rotatable bonds is 4. The molecule has 1 rings (SSSR count). The van der Waals surface area contributed by atoms with Crippen LogP contribution in [-0.2, 0) is 0 Å². The summed E-state index contributed by atoms with van der Waals surface area (Å²) in [6.45, 7) is 2.26. The lowest BCUT2D eigenvalue weighted by Crippen LogP contribution is -2.30. The predicted molar refractivity (Wildman–Crippen MR) is 50.2 cm³/mol. The van der Waals surface area contributed by atoms with E-state index in [9.17, 15) is 0 Å². The Kier molecular flexibility index (Phi) is 3.10. The maximum Gasteiger partial charge on any atom is 0.0273 e. The van der Waals surface area contributed by atoms with Crippen molar-refractivity contribution in [1.82, 2.24) is 0 Å². The van der Waals surface area contributed by atoms with Crippen molar-refractivity contribution in [1.29, 1.82) is 0 Å². The minimum absolute atomic E-state index is 0.532. The first-order valence-electron chi connectivity index (χ1n) is 4.76. The molecule has 0 aromatic carbocycles. The smallest absolute Gasteiger partial charge is 0.0273 e. The van der Waals surface area contributed by atoms with Gasteiger partial charge in [0.05, 0.1) is 0 Å². The monoisotopic (exact) mass is 153 g/mol. The number of hydrogen-bond acceptors (Lipinski definition) is 1. The minimum atomic E-state index is 0.532.